The molecule has 0 aliphatic heterocycles. The number of allylic oxidation sites excluding steroid dienone is 1. The highest BCUT2D eigenvalue weighted by atomic mass is 14.8. The topological polar surface area (TPSA) is 0 Å². The third-order valence-electron chi connectivity index (χ3n) is 8.21. The van der Waals surface area contributed by atoms with E-state index in [1.807, 2.05) is 0 Å². The van der Waals surface area contributed by atoms with Crippen molar-refractivity contribution in [2.75, 3.05) is 0 Å². The molecular weight excluding hydrogens is 228 g/mol. The highest BCUT2D eigenvalue weighted by Crippen LogP contribution is 2.81. The fraction of sp³-hybridized carbons (Fsp3) is 0.895. The first-order chi connectivity index (χ1) is 8.92. The number of hydrogen-bond acceptors (Lipinski definition) is 0. The Kier molecular flexibility index (Phi) is 2.29. The molecule has 4 fully saturated rings. The Hall–Kier alpha value is -0.260. The average Bonchev–Trinajstić information content (AvgIpc) is 2.81. The Morgan fingerprint density at radius 3 is 2.63 bits per heavy atom. The minimum absolute atomic E-state index is 0. The Bertz CT molecular complexity index is 441. The Morgan fingerprint density at radius 2 is 1.89 bits per heavy atom. The minimum atomic E-state index is 0. The molecule has 1 spiro atoms. The molecule has 0 heteroatoms. The van der Waals surface area contributed by atoms with Gasteiger partial charge in [0.05, 0.1) is 0 Å². The molecule has 0 saturated heterocycles. The lowest BCUT2D eigenvalue weighted by atomic mass is 9.52. The minimum Gasteiger partial charge on any atom is -0.0998 e. The summed E-state index contributed by atoms with van der Waals surface area (Å²) in [5.74, 6) is 2.85. The van der Waals surface area contributed by atoms with Crippen LogP contribution in [0.5, 0.6) is 0 Å². The predicted octanol–water partition coefficient (Wildman–Crippen LogP) is 5.83. The first kappa shape index (κ1) is 12.5. The Labute approximate surface area is 120 Å². The summed E-state index contributed by atoms with van der Waals surface area (Å²) in [6.45, 7) is 11.9. The molecule has 4 aliphatic carbocycles. The Morgan fingerprint density at radius 1 is 1.11 bits per heavy atom. The summed E-state index contributed by atoms with van der Waals surface area (Å²) >= 11 is 0. The van der Waals surface area contributed by atoms with E-state index < -0.39 is 0 Å². The third kappa shape index (κ3) is 1.37. The fourth-order valence-corrected chi connectivity index (χ4v) is 7.09. The molecule has 0 amide bonds. The van der Waals surface area contributed by atoms with Crippen LogP contribution in [-0.2, 0) is 0 Å². The summed E-state index contributed by atoms with van der Waals surface area (Å²) in [6.07, 6.45) is 12.1. The van der Waals surface area contributed by atoms with E-state index in [9.17, 15) is 0 Å². The van der Waals surface area contributed by atoms with E-state index in [0.717, 1.165) is 28.6 Å². The zero-order valence-corrected chi connectivity index (χ0v) is 13.1. The molecule has 0 bridgehead atoms. The van der Waals surface area contributed by atoms with E-state index >= 15 is 0 Å². The van der Waals surface area contributed by atoms with Crippen molar-refractivity contribution < 1.29 is 1.43 Å². The molecule has 0 heterocycles. The van der Waals surface area contributed by atoms with Crippen LogP contribution in [0, 0.1) is 34.0 Å². The van der Waals surface area contributed by atoms with Crippen molar-refractivity contribution in [1.29, 1.82) is 0 Å². The van der Waals surface area contributed by atoms with Crippen LogP contribution in [0.4, 0.5) is 0 Å². The van der Waals surface area contributed by atoms with Gasteiger partial charge in [0.15, 0.2) is 0 Å². The summed E-state index contributed by atoms with van der Waals surface area (Å²) in [7, 11) is 0. The number of hydrogen-bond donors (Lipinski definition) is 0. The Balaban J connectivity index is 0.00000121. The van der Waals surface area contributed by atoms with Gasteiger partial charge in [-0.15, -0.1) is 0 Å². The number of rotatable bonds is 1. The standard InChI is InChI=1S/C19H30.H2/c1-13(2)14-7-9-17(3)10-11-19-12-18(19,4)8-5-6-15(19)16(14)17;/h14-16H,1,5-12H2,2-4H3;1H/t14-,15?,16+,17+,18-,19-;/m0./s1. The summed E-state index contributed by atoms with van der Waals surface area (Å²) in [5, 5.41) is 0. The molecule has 0 N–H and O–H groups in total. The lowest BCUT2D eigenvalue weighted by molar-refractivity contribution is -0.0293. The van der Waals surface area contributed by atoms with Crippen molar-refractivity contribution in [2.45, 2.75) is 72.1 Å². The van der Waals surface area contributed by atoms with Crippen molar-refractivity contribution >= 4 is 0 Å². The molecule has 0 nitrogen and oxygen atoms in total. The second-order valence-corrected chi connectivity index (χ2v) is 9.06. The SMILES string of the molecule is C=C(C)[C@@H]1CC[C@]2(C)CC[C@@]34C[C@]3(C)CCCC4[C@@H]12.[HH]. The molecule has 4 rings (SSSR count). The quantitative estimate of drug-likeness (QED) is 0.520. The normalized spacial score (nSPS) is 59.0. The molecular formula is C19H32. The largest absolute Gasteiger partial charge is 0.0998 e. The molecule has 19 heavy (non-hydrogen) atoms. The molecule has 0 aromatic carbocycles. The van der Waals surface area contributed by atoms with Crippen molar-refractivity contribution in [3.8, 4) is 0 Å². The highest BCUT2D eigenvalue weighted by molar-refractivity contribution is 5.24. The van der Waals surface area contributed by atoms with Crippen LogP contribution in [0.3, 0.4) is 0 Å². The van der Waals surface area contributed by atoms with Gasteiger partial charge in [-0.05, 0) is 85.9 Å². The summed E-state index contributed by atoms with van der Waals surface area (Å²) in [4.78, 5) is 0. The summed E-state index contributed by atoms with van der Waals surface area (Å²) < 4.78 is 0. The third-order valence-corrected chi connectivity index (χ3v) is 8.21. The first-order valence-electron chi connectivity index (χ1n) is 8.57. The van der Waals surface area contributed by atoms with Gasteiger partial charge in [0.1, 0.15) is 0 Å². The van der Waals surface area contributed by atoms with E-state index in [1.54, 1.807) is 12.8 Å². The van der Waals surface area contributed by atoms with Crippen LogP contribution in [0.25, 0.3) is 0 Å². The van der Waals surface area contributed by atoms with E-state index in [-0.39, 0.29) is 1.43 Å². The summed E-state index contributed by atoms with van der Waals surface area (Å²) in [6, 6.07) is 0. The molecule has 0 aromatic rings. The maximum absolute atomic E-state index is 4.35. The molecule has 108 valence electrons. The van der Waals surface area contributed by atoms with Crippen molar-refractivity contribution in [1.82, 2.24) is 0 Å². The second kappa shape index (κ2) is 3.49. The summed E-state index contributed by atoms with van der Waals surface area (Å²) in [5.41, 5.74) is 3.64. The molecule has 0 aromatic heterocycles. The maximum atomic E-state index is 4.35. The van der Waals surface area contributed by atoms with Gasteiger partial charge in [0, 0.05) is 1.43 Å². The molecule has 1 unspecified atom stereocenters. The lowest BCUT2D eigenvalue weighted by Gasteiger charge is -2.52. The van der Waals surface area contributed by atoms with Gasteiger partial charge in [0.25, 0.3) is 0 Å². The fourth-order valence-electron chi connectivity index (χ4n) is 7.09. The lowest BCUT2D eigenvalue weighted by Crippen LogP contribution is -2.45. The van der Waals surface area contributed by atoms with E-state index in [1.165, 1.54) is 44.1 Å². The first-order valence-corrected chi connectivity index (χ1v) is 8.57. The predicted molar refractivity (Wildman–Crippen MR) is 83.0 cm³/mol. The molecule has 4 saturated carbocycles. The van der Waals surface area contributed by atoms with Crippen LogP contribution in [0.2, 0.25) is 0 Å². The average molecular weight is 260 g/mol. The van der Waals surface area contributed by atoms with Crippen molar-refractivity contribution in [3.05, 3.63) is 12.2 Å². The molecule has 0 radical (unpaired) electrons. The van der Waals surface area contributed by atoms with Gasteiger partial charge in [0.2, 0.25) is 0 Å². The van der Waals surface area contributed by atoms with Gasteiger partial charge in [-0.1, -0.05) is 32.4 Å². The maximum Gasteiger partial charge on any atom is 0 e. The molecule has 6 atom stereocenters. The highest BCUT2D eigenvalue weighted by Gasteiger charge is 2.73. The van der Waals surface area contributed by atoms with E-state index in [2.05, 4.69) is 27.4 Å². The van der Waals surface area contributed by atoms with Gasteiger partial charge < -0.3 is 0 Å². The van der Waals surface area contributed by atoms with Gasteiger partial charge in [-0.3, -0.25) is 0 Å². The molecule has 4 aliphatic rings. The zero-order valence-electron chi connectivity index (χ0n) is 13.1. The second-order valence-electron chi connectivity index (χ2n) is 9.06. The van der Waals surface area contributed by atoms with Gasteiger partial charge in [-0.2, -0.15) is 0 Å². The zero-order chi connectivity index (χ0) is 13.5. The van der Waals surface area contributed by atoms with Crippen LogP contribution < -0.4 is 0 Å². The van der Waals surface area contributed by atoms with E-state index in [0.29, 0.717) is 5.41 Å². The number of fused-ring (bicyclic) bond motifs is 2. The van der Waals surface area contributed by atoms with Crippen LogP contribution in [-0.4, -0.2) is 0 Å². The van der Waals surface area contributed by atoms with Crippen LogP contribution >= 0.6 is 0 Å². The smallest absolute Gasteiger partial charge is 0 e. The van der Waals surface area contributed by atoms with Gasteiger partial charge in [-0.25, -0.2) is 0 Å². The monoisotopic (exact) mass is 260 g/mol. The van der Waals surface area contributed by atoms with Gasteiger partial charge >= 0.3 is 0 Å². The van der Waals surface area contributed by atoms with Crippen LogP contribution in [0.15, 0.2) is 12.2 Å². The van der Waals surface area contributed by atoms with E-state index in [4.69, 9.17) is 0 Å². The van der Waals surface area contributed by atoms with Crippen molar-refractivity contribution in [2.24, 2.45) is 34.0 Å². The van der Waals surface area contributed by atoms with Crippen molar-refractivity contribution in [3.63, 3.8) is 0 Å². The van der Waals surface area contributed by atoms with Crippen LogP contribution in [0.1, 0.15) is 73.6 Å².